The lowest BCUT2D eigenvalue weighted by Crippen LogP contribution is -2.37. The van der Waals surface area contributed by atoms with Gasteiger partial charge in [-0.2, -0.15) is 8.42 Å². The van der Waals surface area contributed by atoms with E-state index >= 15 is 0 Å². The Kier molecular flexibility index (Phi) is 8.17. The van der Waals surface area contributed by atoms with Gasteiger partial charge in [-0.1, -0.05) is 12.1 Å². The topological polar surface area (TPSA) is 235 Å². The number of hydrogen-bond donors (Lipinski definition) is 4. The summed E-state index contributed by atoms with van der Waals surface area (Å²) in [6.45, 7) is -0.750. The maximum Gasteiger partial charge on any atom is 0.362 e. The van der Waals surface area contributed by atoms with Crippen molar-refractivity contribution >= 4 is 44.9 Å². The number of nitrogens with one attached hydrogen (secondary N) is 1. The Balaban J connectivity index is 1.30. The van der Waals surface area contributed by atoms with E-state index in [2.05, 4.69) is 19.7 Å². The summed E-state index contributed by atoms with van der Waals surface area (Å²) in [6, 6.07) is 5.66. The van der Waals surface area contributed by atoms with Gasteiger partial charge in [-0.15, -0.1) is 0 Å². The monoisotopic (exact) mass is 564 g/mol. The van der Waals surface area contributed by atoms with Crippen LogP contribution in [0.5, 0.6) is 0 Å². The maximum absolute atomic E-state index is 12.4. The van der Waals surface area contributed by atoms with E-state index in [1.165, 1.54) is 48.6 Å². The molecule has 0 spiro atoms. The Bertz CT molecular complexity index is 1510. The van der Waals surface area contributed by atoms with E-state index in [0.29, 0.717) is 0 Å². The fourth-order valence-electron chi connectivity index (χ4n) is 3.84. The number of ether oxygens (including phenoxy) is 2. The van der Waals surface area contributed by atoms with Crippen molar-refractivity contribution in [3.8, 4) is 0 Å². The fraction of sp³-hybridized carbons (Fsp3) is 0.364. The van der Waals surface area contributed by atoms with E-state index in [-0.39, 0.29) is 34.5 Å². The molecule has 39 heavy (non-hydrogen) atoms. The van der Waals surface area contributed by atoms with E-state index < -0.39 is 65.5 Å². The summed E-state index contributed by atoms with van der Waals surface area (Å²) in [7, 11) is -3.46. The van der Waals surface area contributed by atoms with Crippen molar-refractivity contribution in [1.82, 2.24) is 24.2 Å². The molecule has 0 radical (unpaired) electrons. The molecule has 4 rings (SSSR count). The molecule has 3 aromatic rings. The molecule has 1 fully saturated rings. The van der Waals surface area contributed by atoms with Crippen LogP contribution < -0.4 is 10.5 Å². The molecule has 2 aromatic heterocycles. The van der Waals surface area contributed by atoms with Gasteiger partial charge in [0, 0.05) is 18.4 Å². The molecule has 16 nitrogen and oxygen atoms in total. The standard InChI is InChI=1S/C22H24N6O10S/c1-36-22(33)12-4-2-3-11(7-12)13(29)5-6-15(30)27-39(34,35)37-8-14-17(31)18(32)21(38-14)28-10-26-16-19(23)24-9-25-20(16)28/h2-4,7,9-10,14,17-18,21,31-32H,5-6,8H2,1H3,(H,27,30)(H2,23,24,25)/t14-,17-,18-,21-/m1/s1. The molecule has 5 N–H and O–H groups in total. The van der Waals surface area contributed by atoms with Gasteiger partial charge in [0.25, 0.3) is 0 Å². The van der Waals surface area contributed by atoms with Crippen molar-refractivity contribution in [1.29, 1.82) is 0 Å². The number of amides is 1. The highest BCUT2D eigenvalue weighted by atomic mass is 32.2. The second-order valence-electron chi connectivity index (χ2n) is 8.39. The first-order chi connectivity index (χ1) is 18.5. The van der Waals surface area contributed by atoms with Gasteiger partial charge in [0.1, 0.15) is 30.2 Å². The molecule has 1 amide bonds. The zero-order valence-corrected chi connectivity index (χ0v) is 21.1. The van der Waals surface area contributed by atoms with Crippen molar-refractivity contribution in [2.45, 2.75) is 37.4 Å². The first-order valence-electron chi connectivity index (χ1n) is 11.4. The van der Waals surface area contributed by atoms with E-state index in [1.54, 1.807) is 4.72 Å². The van der Waals surface area contributed by atoms with Crippen molar-refractivity contribution in [3.63, 3.8) is 0 Å². The number of carbonyl (C=O) groups is 3. The smallest absolute Gasteiger partial charge is 0.362 e. The van der Waals surface area contributed by atoms with Crippen molar-refractivity contribution in [2.75, 3.05) is 19.5 Å². The number of Topliss-reactive ketones (excluding diaryl/α,β-unsaturated/α-hetero) is 1. The van der Waals surface area contributed by atoms with Crippen LogP contribution in [-0.2, 0) is 28.8 Å². The predicted octanol–water partition coefficient (Wildman–Crippen LogP) is -1.14. The van der Waals surface area contributed by atoms with E-state index in [1.807, 2.05) is 0 Å². The van der Waals surface area contributed by atoms with Crippen LogP contribution in [0.3, 0.4) is 0 Å². The van der Waals surface area contributed by atoms with Crippen molar-refractivity contribution in [2.24, 2.45) is 0 Å². The Hall–Kier alpha value is -4.03. The summed E-state index contributed by atoms with van der Waals surface area (Å²) in [5.41, 5.74) is 6.49. The quantitative estimate of drug-likeness (QED) is 0.168. The van der Waals surface area contributed by atoms with Gasteiger partial charge in [0.2, 0.25) is 5.91 Å². The highest BCUT2D eigenvalue weighted by Gasteiger charge is 2.45. The van der Waals surface area contributed by atoms with Gasteiger partial charge in [-0.05, 0) is 12.1 Å². The summed E-state index contributed by atoms with van der Waals surface area (Å²) in [5.74, 6) is -2.08. The first-order valence-corrected chi connectivity index (χ1v) is 12.8. The molecule has 0 unspecified atom stereocenters. The van der Waals surface area contributed by atoms with Crippen LogP contribution in [-0.4, -0.2) is 87.8 Å². The molecule has 4 atom stereocenters. The van der Waals surface area contributed by atoms with Gasteiger partial charge in [-0.25, -0.2) is 24.5 Å². The SMILES string of the molecule is COC(=O)c1cccc(C(=O)CCC(=O)NS(=O)(=O)OC[C@H]2O[C@@H](n3cnc4c(N)ncnc43)[C@H](O)[C@@H]2O)c1. The van der Waals surface area contributed by atoms with Crippen molar-refractivity contribution < 1.29 is 46.7 Å². The lowest BCUT2D eigenvalue weighted by atomic mass is 10.0. The third-order valence-electron chi connectivity index (χ3n) is 5.81. The van der Waals surface area contributed by atoms with Crippen LogP contribution in [0.25, 0.3) is 11.2 Å². The highest BCUT2D eigenvalue weighted by Crippen LogP contribution is 2.32. The van der Waals surface area contributed by atoms with Crippen LogP contribution in [0.2, 0.25) is 0 Å². The number of nitrogens with zero attached hydrogens (tertiary/aromatic N) is 4. The lowest BCUT2D eigenvalue weighted by molar-refractivity contribution is -0.119. The van der Waals surface area contributed by atoms with Crippen LogP contribution in [0.4, 0.5) is 5.82 Å². The van der Waals surface area contributed by atoms with Gasteiger partial charge >= 0.3 is 16.3 Å². The van der Waals surface area contributed by atoms with Gasteiger partial charge in [0.05, 0.1) is 25.6 Å². The average molecular weight is 565 g/mol. The van der Waals surface area contributed by atoms with E-state index in [9.17, 15) is 33.0 Å². The number of rotatable bonds is 10. The third-order valence-corrected chi connectivity index (χ3v) is 6.73. The average Bonchev–Trinajstić information content (AvgIpc) is 3.47. The summed E-state index contributed by atoms with van der Waals surface area (Å²) in [6.07, 6.45) is -3.97. The number of methoxy groups -OCH3 is 1. The summed E-state index contributed by atoms with van der Waals surface area (Å²) in [4.78, 5) is 48.0. The molecular weight excluding hydrogens is 540 g/mol. The summed E-state index contributed by atoms with van der Waals surface area (Å²) in [5, 5.41) is 20.8. The second-order valence-corrected chi connectivity index (χ2v) is 9.74. The maximum atomic E-state index is 12.4. The largest absolute Gasteiger partial charge is 0.465 e. The molecule has 1 aliphatic rings. The van der Waals surface area contributed by atoms with Gasteiger partial charge in [-0.3, -0.25) is 18.3 Å². The van der Waals surface area contributed by atoms with Crippen LogP contribution in [0.1, 0.15) is 39.8 Å². The first kappa shape index (κ1) is 28.0. The molecule has 0 bridgehead atoms. The number of aromatic nitrogens is 4. The number of nitrogens with two attached hydrogens (primary N) is 1. The van der Waals surface area contributed by atoms with Gasteiger partial charge < -0.3 is 25.4 Å². The predicted molar refractivity (Wildman–Crippen MR) is 130 cm³/mol. The molecule has 1 aliphatic heterocycles. The van der Waals surface area contributed by atoms with E-state index in [0.717, 1.165) is 0 Å². The van der Waals surface area contributed by atoms with Crippen molar-refractivity contribution in [3.05, 3.63) is 48.0 Å². The number of imidazole rings is 1. The van der Waals surface area contributed by atoms with Crippen LogP contribution in [0, 0.1) is 0 Å². The molecule has 208 valence electrons. The number of ketones is 1. The number of carbonyl (C=O) groups excluding carboxylic acids is 3. The van der Waals surface area contributed by atoms with Gasteiger partial charge in [0.15, 0.2) is 23.5 Å². The minimum atomic E-state index is -4.66. The summed E-state index contributed by atoms with van der Waals surface area (Å²) < 4.78 is 42.4. The molecule has 0 aliphatic carbocycles. The molecule has 1 saturated heterocycles. The normalized spacial score (nSPS) is 21.1. The Morgan fingerprint density at radius 1 is 1.13 bits per heavy atom. The zero-order chi connectivity index (χ0) is 28.3. The summed E-state index contributed by atoms with van der Waals surface area (Å²) >= 11 is 0. The number of aliphatic hydroxyl groups is 2. The zero-order valence-electron chi connectivity index (χ0n) is 20.3. The molecule has 1 aromatic carbocycles. The number of fused-ring (bicyclic) bond motifs is 1. The minimum Gasteiger partial charge on any atom is -0.465 e. The number of nitrogen functional groups attached to an aromatic ring is 1. The van der Waals surface area contributed by atoms with E-state index in [4.69, 9.17) is 14.7 Å². The Morgan fingerprint density at radius 2 is 1.87 bits per heavy atom. The number of esters is 1. The molecule has 17 heteroatoms. The Labute approximate surface area is 221 Å². The number of benzene rings is 1. The highest BCUT2D eigenvalue weighted by molar-refractivity contribution is 7.85. The number of hydrogen-bond acceptors (Lipinski definition) is 14. The lowest BCUT2D eigenvalue weighted by Gasteiger charge is -2.16. The minimum absolute atomic E-state index is 0.0879. The molecular formula is C22H24N6O10S. The number of anilines is 1. The molecule has 0 saturated carbocycles. The third kappa shape index (κ3) is 6.18. The second kappa shape index (κ2) is 11.4. The van der Waals surface area contributed by atoms with Crippen LogP contribution in [0.15, 0.2) is 36.9 Å². The van der Waals surface area contributed by atoms with Crippen LogP contribution >= 0.6 is 0 Å². The number of aliphatic hydroxyl groups excluding tert-OH is 2. The fourth-order valence-corrected chi connectivity index (χ4v) is 4.59. The Morgan fingerprint density at radius 3 is 2.62 bits per heavy atom. The molecule has 3 heterocycles.